The van der Waals surface area contributed by atoms with E-state index in [4.69, 9.17) is 0 Å². The molecule has 0 aromatic heterocycles. The summed E-state index contributed by atoms with van der Waals surface area (Å²) in [7, 11) is 0. The Morgan fingerprint density at radius 1 is 0.667 bits per heavy atom. The van der Waals surface area contributed by atoms with Crippen LogP contribution in [0.15, 0.2) is 18.2 Å². The van der Waals surface area contributed by atoms with Gasteiger partial charge >= 0.3 is 0 Å². The summed E-state index contributed by atoms with van der Waals surface area (Å²) < 4.78 is 0. The van der Waals surface area contributed by atoms with E-state index in [1.807, 2.05) is 13.8 Å². The van der Waals surface area contributed by atoms with Gasteiger partial charge in [-0.3, -0.25) is 0 Å². The van der Waals surface area contributed by atoms with Crippen LogP contribution in [-0.4, -0.2) is 0 Å². The zero-order chi connectivity index (χ0) is 17.0. The fourth-order valence-corrected chi connectivity index (χ4v) is 2.17. The number of hydrogen-bond donors (Lipinski definition) is 0. The van der Waals surface area contributed by atoms with Crippen molar-refractivity contribution in [3.8, 4) is 0 Å². The summed E-state index contributed by atoms with van der Waals surface area (Å²) >= 11 is 0. The van der Waals surface area contributed by atoms with Gasteiger partial charge in [0.15, 0.2) is 0 Å². The second-order valence-electron chi connectivity index (χ2n) is 8.38. The number of hydrogen-bond acceptors (Lipinski definition) is 0. The molecule has 1 aromatic rings. The molecule has 1 unspecified atom stereocenters. The number of benzene rings is 1. The molecule has 1 rings (SSSR count). The summed E-state index contributed by atoms with van der Waals surface area (Å²) in [4.78, 5) is 0. The molecule has 122 valence electrons. The molecule has 0 aliphatic rings. The quantitative estimate of drug-likeness (QED) is 0.546. The van der Waals surface area contributed by atoms with E-state index in [0.717, 1.165) is 0 Å². The van der Waals surface area contributed by atoms with Crippen LogP contribution >= 0.6 is 0 Å². The van der Waals surface area contributed by atoms with Gasteiger partial charge in [0, 0.05) is 0 Å². The van der Waals surface area contributed by atoms with Crippen molar-refractivity contribution in [2.24, 2.45) is 5.92 Å². The molecule has 0 saturated carbocycles. The van der Waals surface area contributed by atoms with Gasteiger partial charge in [0.25, 0.3) is 0 Å². The van der Waals surface area contributed by atoms with E-state index in [0.29, 0.717) is 11.8 Å². The van der Waals surface area contributed by atoms with Crippen LogP contribution in [0, 0.1) is 5.92 Å². The van der Waals surface area contributed by atoms with Crippen molar-refractivity contribution in [1.29, 1.82) is 0 Å². The van der Waals surface area contributed by atoms with Crippen LogP contribution in [0.1, 0.15) is 98.8 Å². The fraction of sp³-hybridized carbons (Fsp3) is 0.714. The second kappa shape index (κ2) is 7.47. The van der Waals surface area contributed by atoms with Gasteiger partial charge < -0.3 is 0 Å². The van der Waals surface area contributed by atoms with E-state index < -0.39 is 0 Å². The minimum atomic E-state index is 0.215. The maximum Gasteiger partial charge on any atom is -0.0132 e. The smallest absolute Gasteiger partial charge is 0.0132 e. The van der Waals surface area contributed by atoms with Gasteiger partial charge in [-0.05, 0) is 39.4 Å². The molecule has 0 spiro atoms. The fourth-order valence-electron chi connectivity index (χ4n) is 2.17. The zero-order valence-electron chi connectivity index (χ0n) is 16.4. The molecule has 0 amide bonds. The first kappa shape index (κ1) is 20.2. The first-order valence-corrected chi connectivity index (χ1v) is 8.59. The lowest BCUT2D eigenvalue weighted by molar-refractivity contribution is 0.524. The molecule has 0 heteroatoms. The minimum absolute atomic E-state index is 0.215. The van der Waals surface area contributed by atoms with Gasteiger partial charge in [-0.15, -0.1) is 0 Å². The van der Waals surface area contributed by atoms with E-state index in [9.17, 15) is 0 Å². The van der Waals surface area contributed by atoms with E-state index in [-0.39, 0.29) is 10.8 Å². The monoisotopic (exact) mass is 290 g/mol. The summed E-state index contributed by atoms with van der Waals surface area (Å²) in [6.07, 6.45) is 0. The molecule has 0 aliphatic carbocycles. The van der Waals surface area contributed by atoms with Crippen molar-refractivity contribution in [3.05, 3.63) is 34.9 Å². The van der Waals surface area contributed by atoms with E-state index in [1.54, 1.807) is 0 Å². The summed E-state index contributed by atoms with van der Waals surface area (Å²) in [5, 5.41) is 0. The Morgan fingerprint density at radius 3 is 1.24 bits per heavy atom. The maximum atomic E-state index is 2.42. The Kier molecular flexibility index (Phi) is 7.20. The molecule has 0 aliphatic heterocycles. The van der Waals surface area contributed by atoms with Crippen LogP contribution in [0.5, 0.6) is 0 Å². The van der Waals surface area contributed by atoms with Crippen LogP contribution in [-0.2, 0) is 10.8 Å². The highest BCUT2D eigenvalue weighted by atomic mass is 14.3. The Morgan fingerprint density at radius 2 is 1.00 bits per heavy atom. The highest BCUT2D eigenvalue weighted by Gasteiger charge is 2.22. The van der Waals surface area contributed by atoms with Gasteiger partial charge in [-0.25, -0.2) is 0 Å². The Balaban J connectivity index is 0.00000191. The third-order valence-electron chi connectivity index (χ3n) is 4.21. The van der Waals surface area contributed by atoms with Crippen LogP contribution < -0.4 is 0 Å². The molecule has 0 radical (unpaired) electrons. The SMILES string of the molecule is CC.CC(C)C(C)c1cc(C(C)(C)C)cc(C(C)(C)C)c1. The molecule has 0 saturated heterocycles. The molecule has 0 nitrogen and oxygen atoms in total. The van der Waals surface area contributed by atoms with E-state index >= 15 is 0 Å². The van der Waals surface area contributed by atoms with Crippen molar-refractivity contribution < 1.29 is 0 Å². The normalized spacial score (nSPS) is 13.7. The molecule has 0 fully saturated rings. The van der Waals surface area contributed by atoms with Gasteiger partial charge in [0.05, 0.1) is 0 Å². The van der Waals surface area contributed by atoms with Gasteiger partial charge in [-0.2, -0.15) is 0 Å². The molecule has 1 aromatic carbocycles. The molecule has 0 N–H and O–H groups in total. The van der Waals surface area contributed by atoms with Crippen molar-refractivity contribution in [2.75, 3.05) is 0 Å². The van der Waals surface area contributed by atoms with Crippen LogP contribution in [0.25, 0.3) is 0 Å². The lowest BCUT2D eigenvalue weighted by Gasteiger charge is -2.28. The largest absolute Gasteiger partial charge is 0.0683 e. The Labute approximate surface area is 134 Å². The van der Waals surface area contributed by atoms with Crippen molar-refractivity contribution in [2.45, 2.75) is 92.9 Å². The third kappa shape index (κ3) is 5.85. The van der Waals surface area contributed by atoms with Gasteiger partial charge in [0.2, 0.25) is 0 Å². The maximum absolute atomic E-state index is 2.42. The minimum Gasteiger partial charge on any atom is -0.0683 e. The van der Waals surface area contributed by atoms with Crippen LogP contribution in [0.3, 0.4) is 0 Å². The molecule has 1 atom stereocenters. The summed E-state index contributed by atoms with van der Waals surface area (Å²) in [5.41, 5.74) is 4.84. The number of rotatable bonds is 2. The average Bonchev–Trinajstić information content (AvgIpc) is 2.37. The first-order valence-electron chi connectivity index (χ1n) is 8.59. The molecular weight excluding hydrogens is 252 g/mol. The highest BCUT2D eigenvalue weighted by Crippen LogP contribution is 2.34. The molecular formula is C21H38. The van der Waals surface area contributed by atoms with Gasteiger partial charge in [-0.1, -0.05) is 94.4 Å². The zero-order valence-corrected chi connectivity index (χ0v) is 16.4. The molecule has 0 bridgehead atoms. The lowest BCUT2D eigenvalue weighted by atomic mass is 9.77. The highest BCUT2D eigenvalue weighted by molar-refractivity contribution is 5.38. The standard InChI is InChI=1S/C19H32.C2H6/c1-13(2)14(3)15-10-16(18(4,5)6)12-17(11-15)19(7,8)9;1-2/h10-14H,1-9H3;1-2H3. The summed E-state index contributed by atoms with van der Waals surface area (Å²) in [5.74, 6) is 1.30. The third-order valence-corrected chi connectivity index (χ3v) is 4.21. The second-order valence-corrected chi connectivity index (χ2v) is 8.38. The Hall–Kier alpha value is -0.780. The predicted molar refractivity (Wildman–Crippen MR) is 98.4 cm³/mol. The van der Waals surface area contributed by atoms with Crippen LogP contribution in [0.2, 0.25) is 0 Å². The molecule has 0 heterocycles. The molecule has 21 heavy (non-hydrogen) atoms. The topological polar surface area (TPSA) is 0 Å². The Bertz CT molecular complexity index is 392. The van der Waals surface area contributed by atoms with Crippen LogP contribution in [0.4, 0.5) is 0 Å². The van der Waals surface area contributed by atoms with Gasteiger partial charge in [0.1, 0.15) is 0 Å². The predicted octanol–water partition coefficient (Wildman–Crippen LogP) is 7.07. The van der Waals surface area contributed by atoms with Crippen molar-refractivity contribution in [1.82, 2.24) is 0 Å². The van der Waals surface area contributed by atoms with Crippen molar-refractivity contribution in [3.63, 3.8) is 0 Å². The first-order chi connectivity index (χ1) is 9.43. The van der Waals surface area contributed by atoms with E-state index in [1.165, 1.54) is 16.7 Å². The average molecular weight is 291 g/mol. The summed E-state index contributed by atoms with van der Waals surface area (Å²) in [6, 6.07) is 7.23. The summed E-state index contributed by atoms with van der Waals surface area (Å²) in [6.45, 7) is 24.8. The van der Waals surface area contributed by atoms with Crippen molar-refractivity contribution >= 4 is 0 Å². The van der Waals surface area contributed by atoms with E-state index in [2.05, 4.69) is 80.5 Å². The lowest BCUT2D eigenvalue weighted by Crippen LogP contribution is -2.18.